The van der Waals surface area contributed by atoms with Crippen molar-refractivity contribution in [2.45, 2.75) is 69.4 Å². The number of likely N-dealkylation sites (tertiary alicyclic amines) is 1. The highest BCUT2D eigenvalue weighted by Gasteiger charge is 2.43. The topological polar surface area (TPSA) is 53.6 Å². The van der Waals surface area contributed by atoms with Crippen LogP contribution in [0, 0.1) is 5.82 Å². The number of alkyl carbamates (subject to hydrolysis) is 1. The molecular weight excluding hydrogens is 357 g/mol. The van der Waals surface area contributed by atoms with Crippen LogP contribution in [0.15, 0.2) is 18.2 Å². The van der Waals surface area contributed by atoms with E-state index in [2.05, 4.69) is 15.5 Å². The fourth-order valence-electron chi connectivity index (χ4n) is 5.37. The number of nitrogens with zero attached hydrogens (tertiary/aromatic N) is 1. The first-order chi connectivity index (χ1) is 13.6. The van der Waals surface area contributed by atoms with Crippen molar-refractivity contribution in [2.75, 3.05) is 31.6 Å². The van der Waals surface area contributed by atoms with Gasteiger partial charge in [0.15, 0.2) is 0 Å². The summed E-state index contributed by atoms with van der Waals surface area (Å²) in [6.07, 6.45) is 7.41. The lowest BCUT2D eigenvalue weighted by Gasteiger charge is -2.43. The van der Waals surface area contributed by atoms with Gasteiger partial charge in [0.05, 0.1) is 6.61 Å². The van der Waals surface area contributed by atoms with Crippen LogP contribution in [0.1, 0.15) is 57.4 Å². The van der Waals surface area contributed by atoms with Crippen LogP contribution in [0.4, 0.5) is 14.9 Å². The number of nitrogens with one attached hydrogen (secondary N) is 2. The Morgan fingerprint density at radius 1 is 1.32 bits per heavy atom. The average Bonchev–Trinajstić information content (AvgIpc) is 2.87. The molecule has 1 aliphatic carbocycles. The molecule has 2 unspecified atom stereocenters. The molecule has 1 amide bonds. The van der Waals surface area contributed by atoms with E-state index in [1.165, 1.54) is 12.8 Å². The maximum Gasteiger partial charge on any atom is 0.407 e. The van der Waals surface area contributed by atoms with Gasteiger partial charge >= 0.3 is 6.09 Å². The zero-order valence-corrected chi connectivity index (χ0v) is 16.8. The minimum Gasteiger partial charge on any atom is -0.450 e. The van der Waals surface area contributed by atoms with E-state index in [-0.39, 0.29) is 23.4 Å². The van der Waals surface area contributed by atoms with Gasteiger partial charge in [0.25, 0.3) is 0 Å². The first-order valence-corrected chi connectivity index (χ1v) is 10.8. The Labute approximate surface area is 167 Å². The highest BCUT2D eigenvalue weighted by Crippen LogP contribution is 2.45. The number of carbonyl (C=O) groups is 1. The van der Waals surface area contributed by atoms with E-state index in [9.17, 15) is 9.18 Å². The van der Waals surface area contributed by atoms with Crippen molar-refractivity contribution in [1.82, 2.24) is 10.2 Å². The van der Waals surface area contributed by atoms with Gasteiger partial charge in [-0.2, -0.15) is 0 Å². The quantitative estimate of drug-likeness (QED) is 0.767. The van der Waals surface area contributed by atoms with Gasteiger partial charge in [-0.25, -0.2) is 9.18 Å². The second-order valence-electron chi connectivity index (χ2n) is 8.60. The first kappa shape index (κ1) is 19.5. The van der Waals surface area contributed by atoms with E-state index in [0.717, 1.165) is 63.0 Å². The van der Waals surface area contributed by atoms with Crippen molar-refractivity contribution in [2.24, 2.45) is 0 Å². The third-order valence-corrected chi connectivity index (χ3v) is 6.94. The molecule has 5 nitrogen and oxygen atoms in total. The van der Waals surface area contributed by atoms with Gasteiger partial charge in [-0.05, 0) is 75.9 Å². The lowest BCUT2D eigenvalue weighted by atomic mass is 9.74. The molecule has 2 atom stereocenters. The molecule has 1 saturated heterocycles. The summed E-state index contributed by atoms with van der Waals surface area (Å²) in [7, 11) is 0. The molecule has 2 fully saturated rings. The predicted octanol–water partition coefficient (Wildman–Crippen LogP) is 4.03. The van der Waals surface area contributed by atoms with Crippen LogP contribution in [0.2, 0.25) is 0 Å². The Kier molecular flexibility index (Phi) is 5.76. The third kappa shape index (κ3) is 3.97. The standard InChI is InChI=1S/C22H32FN3O2/c1-2-28-21(27)25-17-5-3-4-6-18(14-17)26-11-9-22(10-12-26)15-24-20-8-7-16(23)13-19(20)22/h7-8,13,17-18,24H,2-6,9-12,14-15H2,1H3,(H,25,27). The number of hydrogen-bond donors (Lipinski definition) is 2. The SMILES string of the molecule is CCOC(=O)NC1CCCCC(N2CCC3(CC2)CNc2ccc(F)cc23)C1. The summed E-state index contributed by atoms with van der Waals surface area (Å²) in [4.78, 5) is 14.4. The molecule has 1 aromatic rings. The molecule has 28 heavy (non-hydrogen) atoms. The fourth-order valence-corrected chi connectivity index (χ4v) is 5.37. The molecule has 154 valence electrons. The fraction of sp³-hybridized carbons (Fsp3) is 0.682. The zero-order chi connectivity index (χ0) is 19.6. The molecule has 2 heterocycles. The number of rotatable bonds is 3. The van der Waals surface area contributed by atoms with Crippen LogP contribution < -0.4 is 10.6 Å². The molecule has 0 aromatic heterocycles. The van der Waals surface area contributed by atoms with Crippen LogP contribution in [-0.4, -0.2) is 49.3 Å². The van der Waals surface area contributed by atoms with Crippen LogP contribution in [-0.2, 0) is 10.2 Å². The molecule has 1 spiro atoms. The van der Waals surface area contributed by atoms with Gasteiger partial charge in [0.1, 0.15) is 5.82 Å². The van der Waals surface area contributed by atoms with E-state index >= 15 is 0 Å². The number of hydrogen-bond acceptors (Lipinski definition) is 4. The Morgan fingerprint density at radius 3 is 2.89 bits per heavy atom. The van der Waals surface area contributed by atoms with Crippen LogP contribution in [0.5, 0.6) is 0 Å². The Bertz CT molecular complexity index is 703. The van der Waals surface area contributed by atoms with E-state index in [0.29, 0.717) is 12.6 Å². The second kappa shape index (κ2) is 8.27. The number of fused-ring (bicyclic) bond motifs is 2. The molecule has 4 rings (SSSR count). The van der Waals surface area contributed by atoms with Gasteiger partial charge < -0.3 is 20.3 Å². The van der Waals surface area contributed by atoms with Crippen LogP contribution >= 0.6 is 0 Å². The van der Waals surface area contributed by atoms with Crippen molar-refractivity contribution >= 4 is 11.8 Å². The van der Waals surface area contributed by atoms with Gasteiger partial charge in [-0.1, -0.05) is 12.8 Å². The van der Waals surface area contributed by atoms with Crippen molar-refractivity contribution in [1.29, 1.82) is 0 Å². The number of benzene rings is 1. The van der Waals surface area contributed by atoms with Gasteiger partial charge in [-0.3, -0.25) is 0 Å². The number of ether oxygens (including phenoxy) is 1. The molecule has 3 aliphatic rings. The maximum absolute atomic E-state index is 13.8. The molecule has 6 heteroatoms. The second-order valence-corrected chi connectivity index (χ2v) is 8.60. The van der Waals surface area contributed by atoms with Gasteiger partial charge in [0, 0.05) is 29.7 Å². The van der Waals surface area contributed by atoms with Crippen LogP contribution in [0.25, 0.3) is 0 Å². The first-order valence-electron chi connectivity index (χ1n) is 10.8. The van der Waals surface area contributed by atoms with Crippen molar-refractivity contribution in [3.63, 3.8) is 0 Å². The molecule has 1 saturated carbocycles. The third-order valence-electron chi connectivity index (χ3n) is 6.94. The maximum atomic E-state index is 13.8. The van der Waals surface area contributed by atoms with Crippen molar-refractivity contribution in [3.8, 4) is 0 Å². The number of amides is 1. The lowest BCUT2D eigenvalue weighted by molar-refractivity contribution is 0.104. The van der Waals surface area contributed by atoms with Crippen molar-refractivity contribution < 1.29 is 13.9 Å². The summed E-state index contributed by atoms with van der Waals surface area (Å²) < 4.78 is 18.9. The number of piperidine rings is 1. The highest BCUT2D eigenvalue weighted by molar-refractivity contribution is 5.67. The summed E-state index contributed by atoms with van der Waals surface area (Å²) in [5.41, 5.74) is 2.33. The Balaban J connectivity index is 1.38. The number of halogens is 1. The molecular formula is C22H32FN3O2. The largest absolute Gasteiger partial charge is 0.450 e. The average molecular weight is 390 g/mol. The number of anilines is 1. The summed E-state index contributed by atoms with van der Waals surface area (Å²) in [6, 6.07) is 5.86. The van der Waals surface area contributed by atoms with Crippen LogP contribution in [0.3, 0.4) is 0 Å². The lowest BCUT2D eigenvalue weighted by Crippen LogP contribution is -2.49. The molecule has 1 aromatic carbocycles. The van der Waals surface area contributed by atoms with E-state index in [4.69, 9.17) is 4.74 Å². The van der Waals surface area contributed by atoms with Gasteiger partial charge in [0.2, 0.25) is 0 Å². The summed E-state index contributed by atoms with van der Waals surface area (Å²) in [5, 5.41) is 6.54. The van der Waals surface area contributed by atoms with E-state index < -0.39 is 0 Å². The summed E-state index contributed by atoms with van der Waals surface area (Å²) in [5.74, 6) is -0.138. The molecule has 0 radical (unpaired) electrons. The normalized spacial score (nSPS) is 26.9. The zero-order valence-electron chi connectivity index (χ0n) is 16.8. The molecule has 2 aliphatic heterocycles. The smallest absolute Gasteiger partial charge is 0.407 e. The van der Waals surface area contributed by atoms with Crippen molar-refractivity contribution in [3.05, 3.63) is 29.6 Å². The van der Waals surface area contributed by atoms with E-state index in [1.54, 1.807) is 12.1 Å². The molecule has 2 N–H and O–H groups in total. The predicted molar refractivity (Wildman–Crippen MR) is 108 cm³/mol. The Morgan fingerprint density at radius 2 is 2.11 bits per heavy atom. The Hall–Kier alpha value is -1.82. The summed E-state index contributed by atoms with van der Waals surface area (Å²) in [6.45, 7) is 5.23. The number of carbonyl (C=O) groups excluding carboxylic acids is 1. The summed E-state index contributed by atoms with van der Waals surface area (Å²) >= 11 is 0. The highest BCUT2D eigenvalue weighted by atomic mass is 19.1. The minimum absolute atomic E-state index is 0.0707. The van der Waals surface area contributed by atoms with Gasteiger partial charge in [-0.15, -0.1) is 0 Å². The minimum atomic E-state index is -0.290. The molecule has 0 bridgehead atoms. The monoisotopic (exact) mass is 389 g/mol. The van der Waals surface area contributed by atoms with E-state index in [1.807, 2.05) is 13.0 Å².